The summed E-state index contributed by atoms with van der Waals surface area (Å²) in [5, 5.41) is 1.63. The van der Waals surface area contributed by atoms with Crippen molar-refractivity contribution in [3.63, 3.8) is 0 Å². The van der Waals surface area contributed by atoms with E-state index in [0.29, 0.717) is 18.7 Å². The van der Waals surface area contributed by atoms with Crippen molar-refractivity contribution in [3.8, 4) is 0 Å². The number of para-hydroxylation sites is 1. The molecule has 0 bridgehead atoms. The second-order valence-corrected chi connectivity index (χ2v) is 8.62. The highest BCUT2D eigenvalue weighted by Gasteiger charge is 2.25. The Hall–Kier alpha value is -2.38. The van der Waals surface area contributed by atoms with Crippen LogP contribution in [0.4, 0.5) is 5.69 Å². The van der Waals surface area contributed by atoms with Crippen LogP contribution in [0.5, 0.6) is 0 Å². The molecule has 0 spiro atoms. The maximum absolute atomic E-state index is 12.8. The van der Waals surface area contributed by atoms with Crippen LogP contribution in [-0.2, 0) is 10.0 Å². The highest BCUT2D eigenvalue weighted by atomic mass is 32.2. The Bertz CT molecular complexity index is 859. The molecule has 144 valence electrons. The molecule has 0 aromatic heterocycles. The van der Waals surface area contributed by atoms with Gasteiger partial charge in [-0.25, -0.2) is 8.42 Å². The number of hydrazine groups is 1. The topological polar surface area (TPSA) is 69.7 Å². The minimum Gasteiger partial charge on any atom is -0.288 e. The van der Waals surface area contributed by atoms with Gasteiger partial charge in [0.2, 0.25) is 10.0 Å². The summed E-state index contributed by atoms with van der Waals surface area (Å²) in [6.07, 6.45) is 3.93. The predicted molar refractivity (Wildman–Crippen MR) is 106 cm³/mol. The third-order valence-electron chi connectivity index (χ3n) is 4.73. The lowest BCUT2D eigenvalue weighted by Crippen LogP contribution is -2.39. The number of carbonyl (C=O) groups is 1. The van der Waals surface area contributed by atoms with E-state index in [1.807, 2.05) is 30.3 Å². The highest BCUT2D eigenvalue weighted by molar-refractivity contribution is 7.89. The molecule has 0 saturated carbocycles. The summed E-state index contributed by atoms with van der Waals surface area (Å²) in [4.78, 5) is 12.7. The number of amides is 1. The van der Waals surface area contributed by atoms with E-state index in [9.17, 15) is 13.2 Å². The monoisotopic (exact) mass is 387 g/mol. The molecule has 1 heterocycles. The van der Waals surface area contributed by atoms with E-state index in [4.69, 9.17) is 0 Å². The van der Waals surface area contributed by atoms with Crippen LogP contribution in [0.3, 0.4) is 0 Å². The molecular weight excluding hydrogens is 362 g/mol. The quantitative estimate of drug-likeness (QED) is 0.801. The van der Waals surface area contributed by atoms with Crippen LogP contribution in [0.25, 0.3) is 0 Å². The molecule has 1 fully saturated rings. The Morgan fingerprint density at radius 2 is 1.52 bits per heavy atom. The fraction of sp³-hybridized carbons (Fsp3) is 0.350. The molecule has 27 heavy (non-hydrogen) atoms. The van der Waals surface area contributed by atoms with Crippen molar-refractivity contribution in [1.82, 2.24) is 9.73 Å². The third-order valence-corrected chi connectivity index (χ3v) is 6.64. The molecule has 0 aliphatic carbocycles. The Labute approximate surface area is 160 Å². The molecular formula is C20H25N3O3S. The van der Waals surface area contributed by atoms with Crippen LogP contribution in [0.1, 0.15) is 36.0 Å². The summed E-state index contributed by atoms with van der Waals surface area (Å²) < 4.78 is 27.2. The number of nitrogens with zero attached hydrogens (tertiary/aromatic N) is 2. The number of hydrogen-bond acceptors (Lipinski definition) is 4. The molecule has 0 unspecified atom stereocenters. The summed E-state index contributed by atoms with van der Waals surface area (Å²) in [6, 6.07) is 15.6. The zero-order chi connectivity index (χ0) is 19.3. The van der Waals surface area contributed by atoms with E-state index >= 15 is 0 Å². The average molecular weight is 388 g/mol. The lowest BCUT2D eigenvalue weighted by molar-refractivity contribution is 0.0951. The maximum atomic E-state index is 12.8. The molecule has 2 aromatic rings. The Balaban J connectivity index is 1.70. The molecule has 3 rings (SSSR count). The number of nitrogens with one attached hydrogen (secondary N) is 1. The van der Waals surface area contributed by atoms with Gasteiger partial charge in [-0.1, -0.05) is 31.0 Å². The lowest BCUT2D eigenvalue weighted by atomic mass is 10.2. The summed E-state index contributed by atoms with van der Waals surface area (Å²) in [5.74, 6) is -0.292. The molecule has 1 saturated heterocycles. The average Bonchev–Trinajstić information content (AvgIpc) is 2.99. The van der Waals surface area contributed by atoms with Crippen molar-refractivity contribution in [2.45, 2.75) is 30.6 Å². The molecule has 7 heteroatoms. The van der Waals surface area contributed by atoms with Crippen molar-refractivity contribution in [1.29, 1.82) is 0 Å². The zero-order valence-corrected chi connectivity index (χ0v) is 16.3. The number of rotatable bonds is 5. The minimum atomic E-state index is -3.50. The molecule has 1 N–H and O–H groups in total. The standard InChI is InChI=1S/C20H25N3O3S/c1-22(18-9-5-4-6-10-18)21-20(24)17-11-13-19(14-12-17)27(25,26)23-15-7-2-3-8-16-23/h4-6,9-14H,2-3,7-8,15-16H2,1H3,(H,21,24). The van der Waals surface area contributed by atoms with Gasteiger partial charge in [-0.2, -0.15) is 4.31 Å². The van der Waals surface area contributed by atoms with Gasteiger partial charge in [-0.05, 0) is 49.2 Å². The number of sulfonamides is 1. The molecule has 1 aliphatic heterocycles. The van der Waals surface area contributed by atoms with Gasteiger partial charge in [0.05, 0.1) is 10.6 Å². The SMILES string of the molecule is CN(NC(=O)c1ccc(S(=O)(=O)N2CCCCCC2)cc1)c1ccccc1. The highest BCUT2D eigenvalue weighted by Crippen LogP contribution is 2.20. The second-order valence-electron chi connectivity index (χ2n) is 6.68. The van der Waals surface area contributed by atoms with Crippen molar-refractivity contribution in [2.75, 3.05) is 25.1 Å². The van der Waals surface area contributed by atoms with Crippen molar-refractivity contribution >= 4 is 21.6 Å². The van der Waals surface area contributed by atoms with E-state index < -0.39 is 10.0 Å². The van der Waals surface area contributed by atoms with Crippen LogP contribution in [-0.4, -0.2) is 38.8 Å². The molecule has 1 aliphatic rings. The Morgan fingerprint density at radius 3 is 2.11 bits per heavy atom. The van der Waals surface area contributed by atoms with Crippen LogP contribution in [0.2, 0.25) is 0 Å². The summed E-state index contributed by atoms with van der Waals surface area (Å²) in [5.41, 5.74) is 4.04. The van der Waals surface area contributed by atoms with Gasteiger partial charge < -0.3 is 0 Å². The van der Waals surface area contributed by atoms with Gasteiger partial charge in [0.15, 0.2) is 0 Å². The molecule has 0 radical (unpaired) electrons. The Morgan fingerprint density at radius 1 is 0.926 bits per heavy atom. The fourth-order valence-corrected chi connectivity index (χ4v) is 4.66. The van der Waals surface area contributed by atoms with Gasteiger partial charge in [-0.15, -0.1) is 0 Å². The first-order valence-corrected chi connectivity index (χ1v) is 10.6. The largest absolute Gasteiger partial charge is 0.288 e. The van der Waals surface area contributed by atoms with Crippen LogP contribution in [0.15, 0.2) is 59.5 Å². The molecule has 2 aromatic carbocycles. The van der Waals surface area contributed by atoms with E-state index in [0.717, 1.165) is 31.4 Å². The summed E-state index contributed by atoms with van der Waals surface area (Å²) in [6.45, 7) is 1.12. The molecule has 1 amide bonds. The first kappa shape index (κ1) is 19.4. The maximum Gasteiger partial charge on any atom is 0.269 e. The van der Waals surface area contributed by atoms with Gasteiger partial charge in [0.25, 0.3) is 5.91 Å². The van der Waals surface area contributed by atoms with Gasteiger partial charge >= 0.3 is 0 Å². The summed E-state index contributed by atoms with van der Waals surface area (Å²) in [7, 11) is -1.75. The second kappa shape index (κ2) is 8.54. The fourth-order valence-electron chi connectivity index (χ4n) is 3.14. The minimum absolute atomic E-state index is 0.234. The van der Waals surface area contributed by atoms with Crippen LogP contribution < -0.4 is 10.4 Å². The first-order valence-electron chi connectivity index (χ1n) is 9.18. The molecule has 6 nitrogen and oxygen atoms in total. The van der Waals surface area contributed by atoms with Gasteiger partial charge in [0, 0.05) is 25.7 Å². The van der Waals surface area contributed by atoms with Gasteiger partial charge in [0.1, 0.15) is 0 Å². The lowest BCUT2D eigenvalue weighted by Gasteiger charge is -2.21. The number of hydrogen-bond donors (Lipinski definition) is 1. The van der Waals surface area contributed by atoms with Gasteiger partial charge in [-0.3, -0.25) is 15.2 Å². The smallest absolute Gasteiger partial charge is 0.269 e. The van der Waals surface area contributed by atoms with Crippen molar-refractivity contribution in [3.05, 3.63) is 60.2 Å². The predicted octanol–water partition coefficient (Wildman–Crippen LogP) is 3.03. The normalized spacial score (nSPS) is 15.7. The third kappa shape index (κ3) is 4.67. The number of benzene rings is 2. The van der Waals surface area contributed by atoms with E-state index in [2.05, 4.69) is 5.43 Å². The first-order chi connectivity index (χ1) is 13.0. The number of anilines is 1. The van der Waals surface area contributed by atoms with Crippen LogP contribution >= 0.6 is 0 Å². The number of carbonyl (C=O) groups excluding carboxylic acids is 1. The van der Waals surface area contributed by atoms with Crippen molar-refractivity contribution in [2.24, 2.45) is 0 Å². The molecule has 0 atom stereocenters. The van der Waals surface area contributed by atoms with Crippen molar-refractivity contribution < 1.29 is 13.2 Å². The van der Waals surface area contributed by atoms with E-state index in [-0.39, 0.29) is 10.8 Å². The zero-order valence-electron chi connectivity index (χ0n) is 15.5. The van der Waals surface area contributed by atoms with E-state index in [1.54, 1.807) is 28.5 Å². The summed E-state index contributed by atoms with van der Waals surface area (Å²) >= 11 is 0. The van der Waals surface area contributed by atoms with Crippen LogP contribution in [0, 0.1) is 0 Å². The van der Waals surface area contributed by atoms with E-state index in [1.165, 1.54) is 12.1 Å². The Kier molecular flexibility index (Phi) is 6.13.